The second kappa shape index (κ2) is 5.71. The molecule has 5 nitrogen and oxygen atoms in total. The monoisotopic (exact) mass is 343 g/mol. The number of carboxylic acids is 1. The number of benzene rings is 1. The van der Waals surface area contributed by atoms with Gasteiger partial charge in [0.1, 0.15) is 0 Å². The van der Waals surface area contributed by atoms with E-state index in [2.05, 4.69) is 26.2 Å². The molecule has 1 heterocycles. The van der Waals surface area contributed by atoms with Crippen molar-refractivity contribution in [2.75, 3.05) is 0 Å². The van der Waals surface area contributed by atoms with Crippen molar-refractivity contribution in [3.63, 3.8) is 0 Å². The number of hydrogen-bond donors (Lipinski definition) is 1. The molecule has 1 aromatic heterocycles. The Kier molecular flexibility index (Phi) is 4.21. The first-order valence-electron chi connectivity index (χ1n) is 5.68. The van der Waals surface area contributed by atoms with Crippen LogP contribution in [0.1, 0.15) is 29.5 Å². The minimum Gasteiger partial charge on any atom is -0.476 e. The Hall–Kier alpha value is -1.40. The third-order valence-corrected chi connectivity index (χ3v) is 3.81. The molecule has 0 bridgehead atoms. The van der Waals surface area contributed by atoms with Gasteiger partial charge in [-0.25, -0.2) is 9.48 Å². The Balaban J connectivity index is 2.55. The van der Waals surface area contributed by atoms with Crippen molar-refractivity contribution in [2.24, 2.45) is 0 Å². The lowest BCUT2D eigenvalue weighted by atomic mass is 10.2. The van der Waals surface area contributed by atoms with E-state index < -0.39 is 5.97 Å². The molecule has 0 saturated carbocycles. The lowest BCUT2D eigenvalue weighted by Crippen LogP contribution is -2.06. The van der Waals surface area contributed by atoms with Gasteiger partial charge >= 0.3 is 5.97 Å². The van der Waals surface area contributed by atoms with Gasteiger partial charge in [-0.1, -0.05) is 30.2 Å². The summed E-state index contributed by atoms with van der Waals surface area (Å²) in [7, 11) is 0. The third kappa shape index (κ3) is 2.79. The molecule has 0 aliphatic heterocycles. The number of nitrogens with zero attached hydrogens (tertiary/aromatic N) is 3. The molecular formula is C12H11BrClN3O2. The highest BCUT2D eigenvalue weighted by molar-refractivity contribution is 9.10. The number of carbonyl (C=O) groups is 1. The molecular weight excluding hydrogens is 334 g/mol. The fourth-order valence-electron chi connectivity index (χ4n) is 1.75. The summed E-state index contributed by atoms with van der Waals surface area (Å²) >= 11 is 9.27. The highest BCUT2D eigenvalue weighted by atomic mass is 79.9. The maximum Gasteiger partial charge on any atom is 0.358 e. The predicted octanol–water partition coefficient (Wildman–Crippen LogP) is 3.33. The Morgan fingerprint density at radius 2 is 2.26 bits per heavy atom. The Morgan fingerprint density at radius 3 is 2.84 bits per heavy atom. The highest BCUT2D eigenvalue weighted by Gasteiger charge is 2.19. The zero-order chi connectivity index (χ0) is 14.0. The van der Waals surface area contributed by atoms with Gasteiger partial charge in [0.2, 0.25) is 0 Å². The molecule has 0 saturated heterocycles. The van der Waals surface area contributed by atoms with Gasteiger partial charge in [0, 0.05) is 4.47 Å². The molecule has 0 unspecified atom stereocenters. The fraction of sp³-hybridized carbons (Fsp3) is 0.250. The third-order valence-electron chi connectivity index (χ3n) is 2.60. The quantitative estimate of drug-likeness (QED) is 0.923. The average molecular weight is 345 g/mol. The first-order chi connectivity index (χ1) is 9.04. The van der Waals surface area contributed by atoms with Crippen molar-refractivity contribution in [2.45, 2.75) is 19.8 Å². The number of rotatable bonds is 4. The Bertz CT molecular complexity index is 627. The lowest BCUT2D eigenvalue weighted by Gasteiger charge is -2.07. The fourth-order valence-corrected chi connectivity index (χ4v) is 2.24. The number of carboxylic acid groups (broad SMARTS) is 1. The van der Waals surface area contributed by atoms with Crippen LogP contribution in [0, 0.1) is 0 Å². The van der Waals surface area contributed by atoms with Gasteiger partial charge in [-0.05, 0) is 40.5 Å². The maximum atomic E-state index is 11.1. The Labute approximate surface area is 123 Å². The average Bonchev–Trinajstić information content (AvgIpc) is 2.77. The van der Waals surface area contributed by atoms with E-state index in [9.17, 15) is 4.79 Å². The van der Waals surface area contributed by atoms with Crippen molar-refractivity contribution in [3.05, 3.63) is 39.1 Å². The SMILES string of the molecule is CCCc1c(C(=O)O)nnn1-c1ccc(Cl)c(Br)c1. The summed E-state index contributed by atoms with van der Waals surface area (Å²) in [6.45, 7) is 1.97. The van der Waals surface area contributed by atoms with E-state index >= 15 is 0 Å². The number of aromatic nitrogens is 3. The van der Waals surface area contributed by atoms with Crippen molar-refractivity contribution in [3.8, 4) is 5.69 Å². The summed E-state index contributed by atoms with van der Waals surface area (Å²) in [6.07, 6.45) is 1.40. The van der Waals surface area contributed by atoms with Crippen molar-refractivity contribution < 1.29 is 9.90 Å². The van der Waals surface area contributed by atoms with Crippen LogP contribution < -0.4 is 0 Å². The molecule has 2 aromatic rings. The van der Waals surface area contributed by atoms with Crippen LogP contribution in [-0.2, 0) is 6.42 Å². The van der Waals surface area contributed by atoms with Gasteiger partial charge in [-0.15, -0.1) is 5.10 Å². The summed E-state index contributed by atoms with van der Waals surface area (Å²) in [5.74, 6) is -1.07. The van der Waals surface area contributed by atoms with Gasteiger partial charge in [-0.3, -0.25) is 0 Å². The van der Waals surface area contributed by atoms with Gasteiger partial charge < -0.3 is 5.11 Å². The van der Waals surface area contributed by atoms with Crippen LogP contribution in [0.2, 0.25) is 5.02 Å². The molecule has 1 N–H and O–H groups in total. The van der Waals surface area contributed by atoms with E-state index in [-0.39, 0.29) is 5.69 Å². The Morgan fingerprint density at radius 1 is 1.53 bits per heavy atom. The molecule has 0 aliphatic rings. The van der Waals surface area contributed by atoms with Crippen LogP contribution in [0.15, 0.2) is 22.7 Å². The van der Waals surface area contributed by atoms with Crippen molar-refractivity contribution in [1.29, 1.82) is 0 Å². The molecule has 100 valence electrons. The van der Waals surface area contributed by atoms with E-state index in [1.807, 2.05) is 6.92 Å². The predicted molar refractivity (Wildman–Crippen MR) is 75.0 cm³/mol. The van der Waals surface area contributed by atoms with Gasteiger partial charge in [-0.2, -0.15) is 0 Å². The van der Waals surface area contributed by atoms with Crippen LogP contribution in [0.3, 0.4) is 0 Å². The maximum absolute atomic E-state index is 11.1. The van der Waals surface area contributed by atoms with Crippen LogP contribution >= 0.6 is 27.5 Å². The van der Waals surface area contributed by atoms with E-state index in [0.717, 1.165) is 16.6 Å². The van der Waals surface area contributed by atoms with Crippen molar-refractivity contribution in [1.82, 2.24) is 15.0 Å². The van der Waals surface area contributed by atoms with E-state index in [1.165, 1.54) is 4.68 Å². The molecule has 0 fully saturated rings. The van der Waals surface area contributed by atoms with Crippen LogP contribution in [0.4, 0.5) is 0 Å². The van der Waals surface area contributed by atoms with Gasteiger partial charge in [0.05, 0.1) is 16.4 Å². The zero-order valence-corrected chi connectivity index (χ0v) is 12.4. The van der Waals surface area contributed by atoms with Crippen LogP contribution in [-0.4, -0.2) is 26.1 Å². The first-order valence-corrected chi connectivity index (χ1v) is 6.85. The molecule has 0 amide bonds. The molecule has 0 radical (unpaired) electrons. The standard InChI is InChI=1S/C12H11BrClN3O2/c1-2-3-10-11(12(18)19)15-16-17(10)7-4-5-9(14)8(13)6-7/h4-6H,2-3H2,1H3,(H,18,19). The zero-order valence-electron chi connectivity index (χ0n) is 10.1. The van der Waals surface area contributed by atoms with E-state index in [0.29, 0.717) is 17.1 Å². The van der Waals surface area contributed by atoms with E-state index in [4.69, 9.17) is 16.7 Å². The molecule has 0 spiro atoms. The molecule has 0 aliphatic carbocycles. The van der Waals surface area contributed by atoms with Crippen molar-refractivity contribution >= 4 is 33.5 Å². The smallest absolute Gasteiger partial charge is 0.358 e. The summed E-state index contributed by atoms with van der Waals surface area (Å²) < 4.78 is 2.26. The normalized spacial score (nSPS) is 10.7. The molecule has 1 aromatic carbocycles. The number of aromatic carboxylic acids is 1. The minimum absolute atomic E-state index is 0.00655. The number of hydrogen-bond acceptors (Lipinski definition) is 3. The largest absolute Gasteiger partial charge is 0.476 e. The summed E-state index contributed by atoms with van der Waals surface area (Å²) in [5, 5.41) is 17.3. The number of halogens is 2. The van der Waals surface area contributed by atoms with E-state index in [1.54, 1.807) is 18.2 Å². The second-order valence-electron chi connectivity index (χ2n) is 3.95. The summed E-state index contributed by atoms with van der Waals surface area (Å²) in [4.78, 5) is 11.1. The highest BCUT2D eigenvalue weighted by Crippen LogP contribution is 2.25. The summed E-state index contributed by atoms with van der Waals surface area (Å²) in [5.41, 5.74) is 1.30. The molecule has 19 heavy (non-hydrogen) atoms. The molecule has 2 rings (SSSR count). The minimum atomic E-state index is -1.07. The second-order valence-corrected chi connectivity index (χ2v) is 5.21. The van der Waals surface area contributed by atoms with Gasteiger partial charge in [0.25, 0.3) is 0 Å². The summed E-state index contributed by atoms with van der Waals surface area (Å²) in [6, 6.07) is 5.27. The van der Waals surface area contributed by atoms with Crippen LogP contribution in [0.25, 0.3) is 5.69 Å². The first kappa shape index (κ1) is 14.0. The van der Waals surface area contributed by atoms with Crippen LogP contribution in [0.5, 0.6) is 0 Å². The lowest BCUT2D eigenvalue weighted by molar-refractivity contribution is 0.0689. The molecule has 0 atom stereocenters. The van der Waals surface area contributed by atoms with Gasteiger partial charge in [0.15, 0.2) is 5.69 Å². The molecule has 7 heteroatoms. The topological polar surface area (TPSA) is 68.0 Å².